The number of aromatic amines is 1. The second-order valence-electron chi connectivity index (χ2n) is 6.47. The zero-order valence-corrected chi connectivity index (χ0v) is 12.3. The minimum Gasteiger partial charge on any atom is -0.360 e. The Morgan fingerprint density at radius 2 is 1.95 bits per heavy atom. The van der Waals surface area contributed by atoms with Gasteiger partial charge in [0, 0.05) is 23.0 Å². The minimum absolute atomic E-state index is 0.0413. The van der Waals surface area contributed by atoms with Gasteiger partial charge >= 0.3 is 0 Å². The summed E-state index contributed by atoms with van der Waals surface area (Å²) in [5.74, 6) is 0.969. The highest BCUT2D eigenvalue weighted by atomic mass is 16.2. The predicted octanol–water partition coefficient (Wildman–Crippen LogP) is 2.37. The molecule has 1 heterocycles. The van der Waals surface area contributed by atoms with E-state index in [0.29, 0.717) is 17.4 Å². The normalized spacial score (nSPS) is 26.3. The van der Waals surface area contributed by atoms with Crippen LogP contribution in [-0.4, -0.2) is 16.8 Å². The predicted molar refractivity (Wildman–Crippen MR) is 82.8 cm³/mol. The van der Waals surface area contributed by atoms with E-state index in [2.05, 4.69) is 15.8 Å². The lowest BCUT2D eigenvalue weighted by Crippen LogP contribution is -2.45. The monoisotopic (exact) mass is 297 g/mol. The molecule has 1 aromatic heterocycles. The third-order valence-electron chi connectivity index (χ3n) is 5.21. The summed E-state index contributed by atoms with van der Waals surface area (Å²) in [6.45, 7) is 0. The van der Waals surface area contributed by atoms with E-state index in [1.54, 1.807) is 6.20 Å². The number of benzene rings is 1. The van der Waals surface area contributed by atoms with Crippen molar-refractivity contribution in [1.29, 1.82) is 0 Å². The quantitative estimate of drug-likeness (QED) is 0.744. The first-order valence-electron chi connectivity index (χ1n) is 7.88. The number of para-hydroxylation sites is 1. The van der Waals surface area contributed by atoms with Crippen molar-refractivity contribution in [1.82, 2.24) is 15.8 Å². The van der Waals surface area contributed by atoms with E-state index in [-0.39, 0.29) is 17.7 Å². The summed E-state index contributed by atoms with van der Waals surface area (Å²) in [7, 11) is 0. The molecule has 0 aliphatic heterocycles. The van der Waals surface area contributed by atoms with Crippen LogP contribution >= 0.6 is 0 Å². The van der Waals surface area contributed by atoms with Crippen molar-refractivity contribution in [2.45, 2.75) is 25.7 Å². The Labute approximate surface area is 128 Å². The Hall–Kier alpha value is -2.30. The van der Waals surface area contributed by atoms with Gasteiger partial charge < -0.3 is 4.98 Å². The summed E-state index contributed by atoms with van der Waals surface area (Å²) in [6, 6.07) is 7.61. The first-order valence-corrected chi connectivity index (χ1v) is 7.88. The van der Waals surface area contributed by atoms with Gasteiger partial charge in [-0.2, -0.15) is 0 Å². The molecule has 1 aromatic carbocycles. The van der Waals surface area contributed by atoms with Gasteiger partial charge in [0.25, 0.3) is 5.91 Å². The van der Waals surface area contributed by atoms with Crippen LogP contribution in [0.5, 0.6) is 0 Å². The maximum Gasteiger partial charge on any atom is 0.271 e. The van der Waals surface area contributed by atoms with Gasteiger partial charge in [0.15, 0.2) is 0 Å². The molecule has 0 saturated heterocycles. The van der Waals surface area contributed by atoms with Gasteiger partial charge in [0.1, 0.15) is 0 Å². The fourth-order valence-corrected chi connectivity index (χ4v) is 4.10. The summed E-state index contributed by atoms with van der Waals surface area (Å²) in [6.07, 6.45) is 6.23. The Morgan fingerprint density at radius 1 is 1.09 bits per heavy atom. The molecule has 2 bridgehead atoms. The van der Waals surface area contributed by atoms with Crippen molar-refractivity contribution >= 4 is 22.7 Å². The van der Waals surface area contributed by atoms with Crippen LogP contribution in [0.3, 0.4) is 0 Å². The molecule has 0 spiro atoms. The van der Waals surface area contributed by atoms with Crippen LogP contribution in [0.4, 0.5) is 0 Å². The highest BCUT2D eigenvalue weighted by Gasteiger charge is 2.43. The first kappa shape index (κ1) is 13.4. The number of nitrogens with one attached hydrogen (secondary N) is 3. The van der Waals surface area contributed by atoms with Gasteiger partial charge in [0.05, 0.1) is 5.56 Å². The molecule has 5 nitrogen and oxygen atoms in total. The van der Waals surface area contributed by atoms with Crippen LogP contribution in [0.25, 0.3) is 10.9 Å². The molecule has 22 heavy (non-hydrogen) atoms. The molecule has 3 atom stereocenters. The lowest BCUT2D eigenvalue weighted by atomic mass is 9.88. The number of hydrogen-bond donors (Lipinski definition) is 3. The maximum absolute atomic E-state index is 12.3. The van der Waals surface area contributed by atoms with Crippen molar-refractivity contribution in [3.8, 4) is 0 Å². The van der Waals surface area contributed by atoms with Crippen LogP contribution in [0.15, 0.2) is 30.5 Å². The third-order valence-corrected chi connectivity index (χ3v) is 5.21. The number of fused-ring (bicyclic) bond motifs is 3. The number of aromatic nitrogens is 1. The highest BCUT2D eigenvalue weighted by Crippen LogP contribution is 2.48. The van der Waals surface area contributed by atoms with Crippen LogP contribution in [-0.2, 0) is 4.79 Å². The molecule has 2 aliphatic rings. The number of H-pyrrole nitrogens is 1. The highest BCUT2D eigenvalue weighted by molar-refractivity contribution is 6.07. The molecule has 2 fully saturated rings. The summed E-state index contributed by atoms with van der Waals surface area (Å²) >= 11 is 0. The lowest BCUT2D eigenvalue weighted by Gasteiger charge is -2.20. The molecule has 0 radical (unpaired) electrons. The summed E-state index contributed by atoms with van der Waals surface area (Å²) < 4.78 is 0. The van der Waals surface area contributed by atoms with E-state index >= 15 is 0 Å². The largest absolute Gasteiger partial charge is 0.360 e. The second-order valence-corrected chi connectivity index (χ2v) is 6.47. The molecule has 2 aliphatic carbocycles. The molecule has 2 aromatic rings. The molecule has 3 N–H and O–H groups in total. The van der Waals surface area contributed by atoms with E-state index in [1.165, 1.54) is 12.8 Å². The van der Waals surface area contributed by atoms with Crippen LogP contribution in [0.2, 0.25) is 0 Å². The van der Waals surface area contributed by atoms with E-state index in [4.69, 9.17) is 0 Å². The molecule has 0 unspecified atom stereocenters. The van der Waals surface area contributed by atoms with Gasteiger partial charge in [-0.1, -0.05) is 24.6 Å². The molecule has 114 valence electrons. The van der Waals surface area contributed by atoms with Crippen molar-refractivity contribution in [2.24, 2.45) is 17.8 Å². The molecule has 2 amide bonds. The Morgan fingerprint density at radius 3 is 2.73 bits per heavy atom. The van der Waals surface area contributed by atoms with Crippen LogP contribution in [0, 0.1) is 17.8 Å². The molecule has 2 saturated carbocycles. The van der Waals surface area contributed by atoms with Gasteiger partial charge in [-0.25, -0.2) is 0 Å². The van der Waals surface area contributed by atoms with E-state index in [9.17, 15) is 9.59 Å². The zero-order valence-electron chi connectivity index (χ0n) is 12.3. The summed E-state index contributed by atoms with van der Waals surface area (Å²) in [5.41, 5.74) is 6.62. The number of hydrogen-bond acceptors (Lipinski definition) is 2. The summed E-state index contributed by atoms with van der Waals surface area (Å²) in [5, 5.41) is 0.856. The standard InChI is InChI=1S/C17H19N3O2/c21-16(13-8-10-5-6-11(13)7-10)19-20-17(22)14-9-18-15-4-2-1-3-12(14)15/h1-4,9-11,13,18H,5-8H2,(H,19,21)(H,20,22)/t10-,11-,13-/m0/s1. The minimum atomic E-state index is -0.283. The Kier molecular flexibility index (Phi) is 3.13. The topological polar surface area (TPSA) is 74.0 Å². The fourth-order valence-electron chi connectivity index (χ4n) is 4.10. The summed E-state index contributed by atoms with van der Waals surface area (Å²) in [4.78, 5) is 27.6. The van der Waals surface area contributed by atoms with Crippen LogP contribution in [0.1, 0.15) is 36.0 Å². The Balaban J connectivity index is 1.41. The van der Waals surface area contributed by atoms with Crippen molar-refractivity contribution in [3.63, 3.8) is 0 Å². The van der Waals surface area contributed by atoms with E-state index < -0.39 is 0 Å². The number of hydrazine groups is 1. The smallest absolute Gasteiger partial charge is 0.271 e. The van der Waals surface area contributed by atoms with Crippen LogP contribution < -0.4 is 10.9 Å². The van der Waals surface area contributed by atoms with Crippen molar-refractivity contribution in [3.05, 3.63) is 36.0 Å². The van der Waals surface area contributed by atoms with Crippen molar-refractivity contribution < 1.29 is 9.59 Å². The molecular weight excluding hydrogens is 278 g/mol. The van der Waals surface area contributed by atoms with E-state index in [0.717, 1.165) is 23.7 Å². The average molecular weight is 297 g/mol. The second kappa shape index (κ2) is 5.16. The number of rotatable bonds is 2. The van der Waals surface area contributed by atoms with Gasteiger partial charge in [-0.3, -0.25) is 20.4 Å². The maximum atomic E-state index is 12.3. The first-order chi connectivity index (χ1) is 10.7. The molecular formula is C17H19N3O2. The number of amides is 2. The number of carbonyl (C=O) groups excluding carboxylic acids is 2. The van der Waals surface area contributed by atoms with E-state index in [1.807, 2.05) is 24.3 Å². The van der Waals surface area contributed by atoms with Gasteiger partial charge in [-0.15, -0.1) is 0 Å². The lowest BCUT2D eigenvalue weighted by molar-refractivity contribution is -0.127. The number of carbonyl (C=O) groups is 2. The average Bonchev–Trinajstić information content (AvgIpc) is 3.26. The third kappa shape index (κ3) is 2.17. The van der Waals surface area contributed by atoms with Gasteiger partial charge in [0.2, 0.25) is 5.91 Å². The molecule has 5 heteroatoms. The molecule has 4 rings (SSSR count). The SMILES string of the molecule is O=C(NNC(=O)[C@H]1C[C@H]2CC[C@H]1C2)c1c[nH]c2ccccc12. The fraction of sp³-hybridized carbons (Fsp3) is 0.412. The Bertz CT molecular complexity index is 736. The van der Waals surface area contributed by atoms with Crippen molar-refractivity contribution in [2.75, 3.05) is 0 Å². The zero-order chi connectivity index (χ0) is 15.1. The van der Waals surface area contributed by atoms with Gasteiger partial charge in [-0.05, 0) is 37.2 Å².